The van der Waals surface area contributed by atoms with E-state index in [0.29, 0.717) is 6.04 Å². The lowest BCUT2D eigenvalue weighted by atomic mass is 10.0. The average molecular weight is 354 g/mol. The minimum atomic E-state index is -0.162. The minimum Gasteiger partial charge on any atom is -0.392 e. The van der Waals surface area contributed by atoms with Gasteiger partial charge in [0.15, 0.2) is 0 Å². The van der Waals surface area contributed by atoms with Gasteiger partial charge in [0.1, 0.15) is 5.82 Å². The molecule has 2 aliphatic heterocycles. The zero-order valence-corrected chi connectivity index (χ0v) is 15.2. The van der Waals surface area contributed by atoms with E-state index in [-0.39, 0.29) is 12.4 Å². The molecule has 4 rings (SSSR count). The monoisotopic (exact) mass is 354 g/mol. The second kappa shape index (κ2) is 7.77. The summed E-state index contributed by atoms with van der Waals surface area (Å²) in [7, 11) is 0. The molecule has 0 atom stereocenters. The van der Waals surface area contributed by atoms with Crippen LogP contribution in [0.4, 0.5) is 10.1 Å². The number of aliphatic hydroxyl groups excluding tert-OH is 1. The summed E-state index contributed by atoms with van der Waals surface area (Å²) >= 11 is 0. The molecule has 0 radical (unpaired) electrons. The average Bonchev–Trinajstić information content (AvgIpc) is 3.11. The SMILES string of the molecule is OCc1ccc2c(c1)N(C1CCN(CCc3ccc(F)cc3)CC1)CC2. The van der Waals surface area contributed by atoms with Crippen molar-refractivity contribution in [2.24, 2.45) is 0 Å². The molecule has 0 amide bonds. The fourth-order valence-corrected chi connectivity index (χ4v) is 4.32. The van der Waals surface area contributed by atoms with Crippen molar-refractivity contribution in [3.63, 3.8) is 0 Å². The first kappa shape index (κ1) is 17.5. The fraction of sp³-hybridized carbons (Fsp3) is 0.455. The third-order valence-corrected chi connectivity index (χ3v) is 5.89. The number of rotatable bonds is 5. The highest BCUT2D eigenvalue weighted by atomic mass is 19.1. The summed E-state index contributed by atoms with van der Waals surface area (Å²) in [6, 6.07) is 13.9. The third-order valence-electron chi connectivity index (χ3n) is 5.89. The van der Waals surface area contributed by atoms with E-state index in [2.05, 4.69) is 21.9 Å². The normalized spacial score (nSPS) is 18.3. The van der Waals surface area contributed by atoms with Gasteiger partial charge in [-0.1, -0.05) is 24.3 Å². The van der Waals surface area contributed by atoms with Crippen molar-refractivity contribution in [2.45, 2.75) is 38.3 Å². The van der Waals surface area contributed by atoms with Crippen LogP contribution in [0, 0.1) is 5.82 Å². The molecular weight excluding hydrogens is 327 g/mol. The van der Waals surface area contributed by atoms with Crippen molar-refractivity contribution in [3.05, 3.63) is 65.0 Å². The Bertz CT molecular complexity index is 738. The van der Waals surface area contributed by atoms with Crippen LogP contribution in [0.15, 0.2) is 42.5 Å². The van der Waals surface area contributed by atoms with Crippen LogP contribution in [-0.2, 0) is 19.4 Å². The number of piperidine rings is 1. The van der Waals surface area contributed by atoms with Gasteiger partial charge in [0.25, 0.3) is 0 Å². The molecule has 1 fully saturated rings. The van der Waals surface area contributed by atoms with Gasteiger partial charge < -0.3 is 14.9 Å². The summed E-state index contributed by atoms with van der Waals surface area (Å²) < 4.78 is 13.0. The molecule has 0 saturated carbocycles. The zero-order chi connectivity index (χ0) is 17.9. The summed E-state index contributed by atoms with van der Waals surface area (Å²) in [4.78, 5) is 5.09. The van der Waals surface area contributed by atoms with Gasteiger partial charge in [-0.05, 0) is 60.6 Å². The maximum atomic E-state index is 13.0. The van der Waals surface area contributed by atoms with Gasteiger partial charge in [0.05, 0.1) is 6.61 Å². The zero-order valence-electron chi connectivity index (χ0n) is 15.2. The Balaban J connectivity index is 1.31. The highest BCUT2D eigenvalue weighted by Gasteiger charge is 2.29. The minimum absolute atomic E-state index is 0.114. The van der Waals surface area contributed by atoms with Gasteiger partial charge in [-0.25, -0.2) is 4.39 Å². The van der Waals surface area contributed by atoms with Crippen LogP contribution in [0.25, 0.3) is 0 Å². The molecule has 1 saturated heterocycles. The maximum absolute atomic E-state index is 13.0. The Kier molecular flexibility index (Phi) is 5.23. The van der Waals surface area contributed by atoms with E-state index in [4.69, 9.17) is 0 Å². The van der Waals surface area contributed by atoms with Crippen LogP contribution in [0.1, 0.15) is 29.5 Å². The lowest BCUT2D eigenvalue weighted by molar-refractivity contribution is 0.212. The van der Waals surface area contributed by atoms with E-state index in [1.54, 1.807) is 12.1 Å². The van der Waals surface area contributed by atoms with Gasteiger partial charge in [0.2, 0.25) is 0 Å². The van der Waals surface area contributed by atoms with Crippen molar-refractivity contribution >= 4 is 5.69 Å². The lowest BCUT2D eigenvalue weighted by Gasteiger charge is -2.38. The standard InChI is InChI=1S/C22H27FN2O/c23-20-5-2-17(3-6-20)7-11-24-12-9-21(10-13-24)25-14-8-19-4-1-18(16-26)15-22(19)25/h1-6,15,21,26H,7-14,16H2. The quantitative estimate of drug-likeness (QED) is 0.892. The van der Waals surface area contributed by atoms with Gasteiger partial charge in [0, 0.05) is 37.9 Å². The largest absolute Gasteiger partial charge is 0.392 e. The predicted octanol–water partition coefficient (Wildman–Crippen LogP) is 3.39. The first-order chi connectivity index (χ1) is 12.7. The number of nitrogens with zero attached hydrogens (tertiary/aromatic N) is 2. The molecule has 0 aromatic heterocycles. The Hall–Kier alpha value is -1.91. The second-order valence-corrected chi connectivity index (χ2v) is 7.51. The Morgan fingerprint density at radius 2 is 1.69 bits per heavy atom. The van der Waals surface area contributed by atoms with Crippen molar-refractivity contribution < 1.29 is 9.50 Å². The van der Waals surface area contributed by atoms with E-state index in [1.165, 1.54) is 29.7 Å². The molecule has 3 nitrogen and oxygen atoms in total. The van der Waals surface area contributed by atoms with Crippen LogP contribution in [0.3, 0.4) is 0 Å². The summed E-state index contributed by atoms with van der Waals surface area (Å²) in [5.41, 5.74) is 4.97. The van der Waals surface area contributed by atoms with Crippen LogP contribution in [0.5, 0.6) is 0 Å². The van der Waals surface area contributed by atoms with E-state index < -0.39 is 0 Å². The van der Waals surface area contributed by atoms with Crippen molar-refractivity contribution in [1.82, 2.24) is 4.90 Å². The summed E-state index contributed by atoms with van der Waals surface area (Å²) in [5, 5.41) is 9.42. The molecule has 0 spiro atoms. The third kappa shape index (κ3) is 3.76. The topological polar surface area (TPSA) is 26.7 Å². The molecule has 0 unspecified atom stereocenters. The smallest absolute Gasteiger partial charge is 0.123 e. The molecule has 0 aliphatic carbocycles. The van der Waals surface area contributed by atoms with Gasteiger partial charge in [-0.15, -0.1) is 0 Å². The molecule has 1 N–H and O–H groups in total. The molecule has 2 aliphatic rings. The second-order valence-electron chi connectivity index (χ2n) is 7.51. The molecule has 138 valence electrons. The maximum Gasteiger partial charge on any atom is 0.123 e. The summed E-state index contributed by atoms with van der Waals surface area (Å²) in [6.45, 7) is 4.51. The van der Waals surface area contributed by atoms with E-state index in [1.807, 2.05) is 18.2 Å². The highest BCUT2D eigenvalue weighted by Crippen LogP contribution is 2.33. The first-order valence-electron chi connectivity index (χ1n) is 9.69. The fourth-order valence-electron chi connectivity index (χ4n) is 4.32. The Morgan fingerprint density at radius 1 is 0.962 bits per heavy atom. The highest BCUT2D eigenvalue weighted by molar-refractivity contribution is 5.60. The molecule has 4 heteroatoms. The van der Waals surface area contributed by atoms with Gasteiger partial charge in [-0.3, -0.25) is 0 Å². The van der Waals surface area contributed by atoms with Gasteiger partial charge >= 0.3 is 0 Å². The van der Waals surface area contributed by atoms with Crippen molar-refractivity contribution in [1.29, 1.82) is 0 Å². The number of likely N-dealkylation sites (tertiary alicyclic amines) is 1. The number of anilines is 1. The molecule has 2 aromatic carbocycles. The number of halogens is 1. The molecular formula is C22H27FN2O. The molecule has 0 bridgehead atoms. The molecule has 2 aromatic rings. The molecule has 2 heterocycles. The lowest BCUT2D eigenvalue weighted by Crippen LogP contribution is -2.45. The number of fused-ring (bicyclic) bond motifs is 1. The van der Waals surface area contributed by atoms with Crippen LogP contribution in [-0.4, -0.2) is 42.2 Å². The molecule has 26 heavy (non-hydrogen) atoms. The predicted molar refractivity (Wildman–Crippen MR) is 103 cm³/mol. The van der Waals surface area contributed by atoms with Crippen LogP contribution >= 0.6 is 0 Å². The van der Waals surface area contributed by atoms with Crippen molar-refractivity contribution in [3.8, 4) is 0 Å². The number of hydrogen-bond acceptors (Lipinski definition) is 3. The number of benzene rings is 2. The van der Waals surface area contributed by atoms with E-state index in [0.717, 1.165) is 44.6 Å². The van der Waals surface area contributed by atoms with E-state index in [9.17, 15) is 9.50 Å². The summed E-state index contributed by atoms with van der Waals surface area (Å²) in [5.74, 6) is -0.162. The number of hydrogen-bond donors (Lipinski definition) is 1. The van der Waals surface area contributed by atoms with E-state index >= 15 is 0 Å². The van der Waals surface area contributed by atoms with Crippen LogP contribution < -0.4 is 4.90 Å². The van der Waals surface area contributed by atoms with Crippen molar-refractivity contribution in [2.75, 3.05) is 31.1 Å². The Labute approximate surface area is 155 Å². The van der Waals surface area contributed by atoms with Gasteiger partial charge in [-0.2, -0.15) is 0 Å². The van der Waals surface area contributed by atoms with Crippen LogP contribution in [0.2, 0.25) is 0 Å². The first-order valence-corrected chi connectivity index (χ1v) is 9.69. The number of aliphatic hydroxyl groups is 1. The summed E-state index contributed by atoms with van der Waals surface area (Å²) in [6.07, 6.45) is 4.47. The Morgan fingerprint density at radius 3 is 2.42 bits per heavy atom.